The molecule has 0 saturated carbocycles. The van der Waals surface area contributed by atoms with Gasteiger partial charge >= 0.3 is 0 Å². The molecule has 0 bridgehead atoms. The maximum atomic E-state index is 12.3. The molecule has 1 N–H and O–H groups in total. The van der Waals surface area contributed by atoms with Crippen molar-refractivity contribution in [3.63, 3.8) is 0 Å². The minimum absolute atomic E-state index is 0.226. The van der Waals surface area contributed by atoms with Gasteiger partial charge in [0.2, 0.25) is 0 Å². The van der Waals surface area contributed by atoms with E-state index in [4.69, 9.17) is 16.3 Å². The molecule has 6 heteroatoms. The molecule has 0 unspecified atom stereocenters. The van der Waals surface area contributed by atoms with E-state index < -0.39 is 0 Å². The molecule has 26 heavy (non-hydrogen) atoms. The quantitative estimate of drug-likeness (QED) is 0.597. The minimum Gasteiger partial charge on any atom is -0.487 e. The maximum absolute atomic E-state index is 12.3. The molecule has 1 amide bonds. The van der Waals surface area contributed by atoms with Gasteiger partial charge in [-0.05, 0) is 48.0 Å². The second-order valence-corrected chi connectivity index (χ2v) is 6.89. The van der Waals surface area contributed by atoms with Gasteiger partial charge in [0.1, 0.15) is 12.4 Å². The second-order valence-electron chi connectivity index (χ2n) is 5.56. The van der Waals surface area contributed by atoms with Gasteiger partial charge in [-0.1, -0.05) is 45.7 Å². The van der Waals surface area contributed by atoms with Crippen molar-refractivity contribution in [3.8, 4) is 5.75 Å². The number of carbonyl (C=O) groups is 1. The molecular formula is C20H16BrClN2O2. The number of halogens is 2. The summed E-state index contributed by atoms with van der Waals surface area (Å²) in [6.07, 6.45) is 1.73. The number of ether oxygens (including phenoxy) is 1. The molecule has 4 nitrogen and oxygen atoms in total. The molecule has 0 aliphatic heterocycles. The van der Waals surface area contributed by atoms with Crippen LogP contribution in [-0.4, -0.2) is 10.9 Å². The molecular weight excluding hydrogens is 416 g/mol. The van der Waals surface area contributed by atoms with Gasteiger partial charge in [0, 0.05) is 17.2 Å². The first-order valence-electron chi connectivity index (χ1n) is 7.97. The van der Waals surface area contributed by atoms with Crippen molar-refractivity contribution in [2.75, 3.05) is 0 Å². The third kappa shape index (κ3) is 5.07. The van der Waals surface area contributed by atoms with Crippen LogP contribution in [0.25, 0.3) is 0 Å². The molecule has 0 radical (unpaired) electrons. The third-order valence-electron chi connectivity index (χ3n) is 3.64. The smallest absolute Gasteiger partial charge is 0.253 e. The Morgan fingerprint density at radius 1 is 1.12 bits per heavy atom. The largest absolute Gasteiger partial charge is 0.487 e. The van der Waals surface area contributed by atoms with Crippen LogP contribution in [0.15, 0.2) is 71.3 Å². The predicted octanol–water partition coefficient (Wildman–Crippen LogP) is 5.01. The summed E-state index contributed by atoms with van der Waals surface area (Å²) in [6.45, 7) is 0.771. The van der Waals surface area contributed by atoms with E-state index >= 15 is 0 Å². The Labute approximate surface area is 165 Å². The van der Waals surface area contributed by atoms with E-state index in [1.54, 1.807) is 24.4 Å². The summed E-state index contributed by atoms with van der Waals surface area (Å²) in [4.78, 5) is 16.6. The standard InChI is InChI=1S/C20H16BrClN2O2/c21-15-7-8-19(22)18(11-15)20(25)24-12-14-4-3-6-17(10-14)26-13-16-5-1-2-9-23-16/h1-11H,12-13H2,(H,24,25). The maximum Gasteiger partial charge on any atom is 0.253 e. The average molecular weight is 432 g/mol. The van der Waals surface area contributed by atoms with Crippen LogP contribution in [0, 0.1) is 0 Å². The number of benzene rings is 2. The van der Waals surface area contributed by atoms with Crippen molar-refractivity contribution < 1.29 is 9.53 Å². The number of pyridine rings is 1. The number of aromatic nitrogens is 1. The molecule has 132 valence electrons. The van der Waals surface area contributed by atoms with E-state index in [-0.39, 0.29) is 5.91 Å². The number of nitrogens with zero attached hydrogens (tertiary/aromatic N) is 1. The zero-order valence-electron chi connectivity index (χ0n) is 13.8. The van der Waals surface area contributed by atoms with Gasteiger partial charge in [0.05, 0.1) is 16.3 Å². The van der Waals surface area contributed by atoms with Crippen LogP contribution < -0.4 is 10.1 Å². The highest BCUT2D eigenvalue weighted by Gasteiger charge is 2.10. The van der Waals surface area contributed by atoms with Crippen LogP contribution in [0.1, 0.15) is 21.6 Å². The third-order valence-corrected chi connectivity index (χ3v) is 4.46. The zero-order valence-corrected chi connectivity index (χ0v) is 16.1. The van der Waals surface area contributed by atoms with Crippen LogP contribution in [0.4, 0.5) is 0 Å². The van der Waals surface area contributed by atoms with Gasteiger partial charge in [-0.3, -0.25) is 9.78 Å². The number of hydrogen-bond acceptors (Lipinski definition) is 3. The van der Waals surface area contributed by atoms with E-state index in [1.807, 2.05) is 42.5 Å². The summed E-state index contributed by atoms with van der Waals surface area (Å²) in [5, 5.41) is 3.29. The van der Waals surface area contributed by atoms with E-state index in [0.717, 1.165) is 21.5 Å². The van der Waals surface area contributed by atoms with Gasteiger partial charge in [-0.15, -0.1) is 0 Å². The Morgan fingerprint density at radius 2 is 2.00 bits per heavy atom. The molecule has 1 heterocycles. The van der Waals surface area contributed by atoms with Gasteiger partial charge in [0.15, 0.2) is 0 Å². The minimum atomic E-state index is -0.226. The van der Waals surface area contributed by atoms with Gasteiger partial charge in [0.25, 0.3) is 5.91 Å². The topological polar surface area (TPSA) is 51.2 Å². The Morgan fingerprint density at radius 3 is 2.81 bits per heavy atom. The summed E-state index contributed by atoms with van der Waals surface area (Å²) >= 11 is 9.44. The van der Waals surface area contributed by atoms with Gasteiger partial charge < -0.3 is 10.1 Å². The van der Waals surface area contributed by atoms with E-state index in [2.05, 4.69) is 26.2 Å². The Bertz CT molecular complexity index is 903. The molecule has 0 spiro atoms. The first-order valence-corrected chi connectivity index (χ1v) is 9.14. The number of carbonyl (C=O) groups excluding carboxylic acids is 1. The van der Waals surface area contributed by atoms with E-state index in [0.29, 0.717) is 23.7 Å². The molecule has 0 fully saturated rings. The molecule has 0 aliphatic rings. The SMILES string of the molecule is O=C(NCc1cccc(OCc2ccccn2)c1)c1cc(Br)ccc1Cl. The van der Waals surface area contributed by atoms with Gasteiger partial charge in [-0.25, -0.2) is 0 Å². The lowest BCUT2D eigenvalue weighted by molar-refractivity contribution is 0.0951. The van der Waals surface area contributed by atoms with Crippen LogP contribution in [0.2, 0.25) is 5.02 Å². The molecule has 2 aromatic carbocycles. The van der Waals surface area contributed by atoms with Crippen LogP contribution in [0.5, 0.6) is 5.75 Å². The fraction of sp³-hybridized carbons (Fsp3) is 0.100. The predicted molar refractivity (Wildman–Crippen MR) is 105 cm³/mol. The fourth-order valence-electron chi connectivity index (χ4n) is 2.34. The highest BCUT2D eigenvalue weighted by atomic mass is 79.9. The van der Waals surface area contributed by atoms with Crippen molar-refractivity contribution in [2.24, 2.45) is 0 Å². The summed E-state index contributed by atoms with van der Waals surface area (Å²) in [5.74, 6) is 0.499. The van der Waals surface area contributed by atoms with Crippen LogP contribution in [0.3, 0.4) is 0 Å². The average Bonchev–Trinajstić information content (AvgIpc) is 2.67. The Balaban J connectivity index is 1.60. The summed E-state index contributed by atoms with van der Waals surface area (Å²) in [6, 6.07) is 18.5. The second kappa shape index (κ2) is 8.83. The summed E-state index contributed by atoms with van der Waals surface area (Å²) < 4.78 is 6.56. The first-order chi connectivity index (χ1) is 12.6. The normalized spacial score (nSPS) is 10.4. The van der Waals surface area contributed by atoms with Crippen molar-refractivity contribution in [3.05, 3.63) is 93.2 Å². The Hall–Kier alpha value is -2.37. The van der Waals surface area contributed by atoms with Crippen LogP contribution >= 0.6 is 27.5 Å². The summed E-state index contributed by atoms with van der Waals surface area (Å²) in [7, 11) is 0. The van der Waals surface area contributed by atoms with Gasteiger partial charge in [-0.2, -0.15) is 0 Å². The molecule has 0 atom stereocenters. The lowest BCUT2D eigenvalue weighted by atomic mass is 10.2. The first kappa shape index (κ1) is 18.4. The fourth-order valence-corrected chi connectivity index (χ4v) is 2.90. The lowest BCUT2D eigenvalue weighted by Crippen LogP contribution is -2.23. The monoisotopic (exact) mass is 430 g/mol. The zero-order chi connectivity index (χ0) is 18.4. The van der Waals surface area contributed by atoms with Crippen molar-refractivity contribution in [1.82, 2.24) is 10.3 Å². The van der Waals surface area contributed by atoms with E-state index in [1.165, 1.54) is 0 Å². The molecule has 0 saturated heterocycles. The molecule has 3 rings (SSSR count). The highest BCUT2D eigenvalue weighted by Crippen LogP contribution is 2.21. The molecule has 0 aliphatic carbocycles. The van der Waals surface area contributed by atoms with Crippen LogP contribution in [-0.2, 0) is 13.2 Å². The number of amides is 1. The molecule has 3 aromatic rings. The summed E-state index contributed by atoms with van der Waals surface area (Å²) in [5.41, 5.74) is 2.22. The van der Waals surface area contributed by atoms with Crippen molar-refractivity contribution >= 4 is 33.4 Å². The highest BCUT2D eigenvalue weighted by molar-refractivity contribution is 9.10. The number of nitrogens with one attached hydrogen (secondary N) is 1. The number of rotatable bonds is 6. The Kier molecular flexibility index (Phi) is 6.26. The molecule has 1 aromatic heterocycles. The number of hydrogen-bond donors (Lipinski definition) is 1. The van der Waals surface area contributed by atoms with Crippen molar-refractivity contribution in [1.29, 1.82) is 0 Å². The van der Waals surface area contributed by atoms with E-state index in [9.17, 15) is 4.79 Å². The lowest BCUT2D eigenvalue weighted by Gasteiger charge is -2.10. The van der Waals surface area contributed by atoms with Crippen molar-refractivity contribution in [2.45, 2.75) is 13.2 Å².